The first-order valence-corrected chi connectivity index (χ1v) is 8.20. The highest BCUT2D eigenvalue weighted by molar-refractivity contribution is 5.93. The van der Waals surface area contributed by atoms with Crippen LogP contribution in [0.15, 0.2) is 5.16 Å². The molecule has 2 N–H and O–H groups in total. The van der Waals surface area contributed by atoms with E-state index in [1.165, 1.54) is 30.5 Å². The molecule has 120 valence electrons. The third-order valence-electron chi connectivity index (χ3n) is 4.47. The molecular formula is C16H24N4O2. The van der Waals surface area contributed by atoms with Gasteiger partial charge in [-0.25, -0.2) is 0 Å². The quantitative estimate of drug-likeness (QED) is 0.836. The lowest BCUT2D eigenvalue weighted by atomic mass is 10.0. The standard InChI is InChI=1S/C16H24N4O2/c1-10(2)13-8-15(22-20-13)16(21)17-9-14-11-6-4-3-5-7-12(11)18-19-14/h10,15H,3-9H2,1-2H3,(H,17,21)(H,18,19)/t15-/m1/s1. The minimum absolute atomic E-state index is 0.107. The van der Waals surface area contributed by atoms with Gasteiger partial charge in [-0.3, -0.25) is 9.89 Å². The molecule has 1 atom stereocenters. The molecule has 3 rings (SSSR count). The summed E-state index contributed by atoms with van der Waals surface area (Å²) >= 11 is 0. The molecule has 22 heavy (non-hydrogen) atoms. The van der Waals surface area contributed by atoms with Crippen molar-refractivity contribution in [2.75, 3.05) is 0 Å². The van der Waals surface area contributed by atoms with Crippen molar-refractivity contribution >= 4 is 11.6 Å². The summed E-state index contributed by atoms with van der Waals surface area (Å²) in [4.78, 5) is 17.4. The first-order valence-electron chi connectivity index (χ1n) is 8.20. The van der Waals surface area contributed by atoms with Crippen molar-refractivity contribution in [3.05, 3.63) is 17.0 Å². The molecule has 0 fully saturated rings. The number of carbonyl (C=O) groups excluding carboxylic acids is 1. The summed E-state index contributed by atoms with van der Waals surface area (Å²) in [5.41, 5.74) is 4.45. The summed E-state index contributed by atoms with van der Waals surface area (Å²) in [6.07, 6.45) is 5.89. The maximum Gasteiger partial charge on any atom is 0.264 e. The Morgan fingerprint density at radius 1 is 1.36 bits per heavy atom. The molecule has 0 saturated heterocycles. The fraction of sp³-hybridized carbons (Fsp3) is 0.688. The minimum Gasteiger partial charge on any atom is -0.382 e. The third kappa shape index (κ3) is 3.15. The molecule has 1 aromatic heterocycles. The van der Waals surface area contributed by atoms with Crippen molar-refractivity contribution in [2.24, 2.45) is 11.1 Å². The second-order valence-corrected chi connectivity index (χ2v) is 6.44. The number of hydrogen-bond donors (Lipinski definition) is 2. The predicted molar refractivity (Wildman–Crippen MR) is 83.5 cm³/mol. The number of H-pyrrole nitrogens is 1. The summed E-state index contributed by atoms with van der Waals surface area (Å²) in [6, 6.07) is 0. The second kappa shape index (κ2) is 6.50. The number of amides is 1. The normalized spacial score (nSPS) is 21.0. The van der Waals surface area contributed by atoms with Gasteiger partial charge >= 0.3 is 0 Å². The van der Waals surface area contributed by atoms with E-state index in [-0.39, 0.29) is 5.91 Å². The van der Waals surface area contributed by atoms with E-state index < -0.39 is 6.10 Å². The molecule has 6 nitrogen and oxygen atoms in total. The molecule has 1 aliphatic heterocycles. The Bertz CT molecular complexity index is 577. The Labute approximate surface area is 130 Å². The van der Waals surface area contributed by atoms with Gasteiger partial charge in [-0.05, 0) is 37.2 Å². The number of nitrogens with zero attached hydrogens (tertiary/aromatic N) is 2. The Morgan fingerprint density at radius 2 is 2.18 bits per heavy atom. The highest BCUT2D eigenvalue weighted by Crippen LogP contribution is 2.22. The molecule has 0 spiro atoms. The van der Waals surface area contributed by atoms with Crippen molar-refractivity contribution < 1.29 is 9.63 Å². The average molecular weight is 304 g/mol. The summed E-state index contributed by atoms with van der Waals surface area (Å²) in [7, 11) is 0. The Hall–Kier alpha value is -1.85. The van der Waals surface area contributed by atoms with E-state index in [4.69, 9.17) is 4.84 Å². The van der Waals surface area contributed by atoms with E-state index in [1.54, 1.807) is 0 Å². The zero-order valence-corrected chi connectivity index (χ0v) is 13.3. The lowest BCUT2D eigenvalue weighted by molar-refractivity contribution is -0.131. The van der Waals surface area contributed by atoms with Crippen molar-refractivity contribution in [3.63, 3.8) is 0 Å². The monoisotopic (exact) mass is 304 g/mol. The number of fused-ring (bicyclic) bond motifs is 1. The summed E-state index contributed by atoms with van der Waals surface area (Å²) in [6.45, 7) is 4.57. The fourth-order valence-electron chi connectivity index (χ4n) is 3.03. The number of hydrogen-bond acceptors (Lipinski definition) is 4. The van der Waals surface area contributed by atoms with Crippen LogP contribution in [0.2, 0.25) is 0 Å². The maximum atomic E-state index is 12.2. The fourth-order valence-corrected chi connectivity index (χ4v) is 3.03. The Morgan fingerprint density at radius 3 is 2.95 bits per heavy atom. The van der Waals surface area contributed by atoms with Crippen LogP contribution >= 0.6 is 0 Å². The van der Waals surface area contributed by atoms with Crippen LogP contribution in [0, 0.1) is 5.92 Å². The van der Waals surface area contributed by atoms with Crippen LogP contribution in [0.1, 0.15) is 56.5 Å². The van der Waals surface area contributed by atoms with E-state index in [2.05, 4.69) is 34.5 Å². The Kier molecular flexibility index (Phi) is 4.45. The van der Waals surface area contributed by atoms with Crippen LogP contribution < -0.4 is 5.32 Å². The first kappa shape index (κ1) is 15.1. The molecule has 1 amide bonds. The smallest absolute Gasteiger partial charge is 0.264 e. The van der Waals surface area contributed by atoms with Crippen molar-refractivity contribution in [3.8, 4) is 0 Å². The van der Waals surface area contributed by atoms with E-state index in [0.717, 1.165) is 24.2 Å². The number of rotatable bonds is 4. The average Bonchev–Trinajstić information content (AvgIpc) is 3.07. The van der Waals surface area contributed by atoms with E-state index in [9.17, 15) is 4.79 Å². The molecule has 2 heterocycles. The predicted octanol–water partition coefficient (Wildman–Crippen LogP) is 2.10. The van der Waals surface area contributed by atoms with Crippen molar-refractivity contribution in [1.29, 1.82) is 0 Å². The molecule has 0 radical (unpaired) electrons. The number of aromatic nitrogens is 2. The summed E-state index contributed by atoms with van der Waals surface area (Å²) in [5.74, 6) is 0.213. The number of carbonyl (C=O) groups is 1. The van der Waals surface area contributed by atoms with Gasteiger partial charge in [0.15, 0.2) is 0 Å². The van der Waals surface area contributed by atoms with Gasteiger partial charge in [-0.1, -0.05) is 25.4 Å². The van der Waals surface area contributed by atoms with Gasteiger partial charge in [0.05, 0.1) is 18.0 Å². The first-order chi connectivity index (χ1) is 10.6. The van der Waals surface area contributed by atoms with Crippen LogP contribution in [0.5, 0.6) is 0 Å². The third-order valence-corrected chi connectivity index (χ3v) is 4.47. The van der Waals surface area contributed by atoms with Gasteiger partial charge in [0.1, 0.15) is 0 Å². The van der Waals surface area contributed by atoms with E-state index in [1.807, 2.05) is 0 Å². The van der Waals surface area contributed by atoms with Crippen molar-refractivity contribution in [1.82, 2.24) is 15.5 Å². The topological polar surface area (TPSA) is 79.4 Å². The molecule has 0 bridgehead atoms. The lowest BCUT2D eigenvalue weighted by Crippen LogP contribution is -2.34. The number of nitrogens with one attached hydrogen (secondary N) is 2. The van der Waals surface area contributed by atoms with Gasteiger partial charge in [0.25, 0.3) is 5.91 Å². The van der Waals surface area contributed by atoms with Crippen LogP contribution in [-0.2, 0) is 29.0 Å². The summed E-state index contributed by atoms with van der Waals surface area (Å²) in [5, 5.41) is 14.4. The molecule has 0 saturated carbocycles. The molecule has 0 aromatic carbocycles. The zero-order chi connectivity index (χ0) is 15.5. The maximum absolute atomic E-state index is 12.2. The van der Waals surface area contributed by atoms with Gasteiger partial charge in [0.2, 0.25) is 6.10 Å². The molecular weight excluding hydrogens is 280 g/mol. The van der Waals surface area contributed by atoms with Gasteiger partial charge in [0, 0.05) is 12.1 Å². The van der Waals surface area contributed by atoms with Crippen LogP contribution in [0.3, 0.4) is 0 Å². The number of aromatic amines is 1. The highest BCUT2D eigenvalue weighted by Gasteiger charge is 2.29. The van der Waals surface area contributed by atoms with E-state index in [0.29, 0.717) is 18.9 Å². The zero-order valence-electron chi connectivity index (χ0n) is 13.3. The molecule has 6 heteroatoms. The largest absolute Gasteiger partial charge is 0.382 e. The van der Waals surface area contributed by atoms with Crippen LogP contribution in [-0.4, -0.2) is 27.9 Å². The number of oxime groups is 1. The minimum atomic E-state index is -0.491. The molecule has 0 unspecified atom stereocenters. The molecule has 1 aliphatic carbocycles. The molecule has 2 aliphatic rings. The lowest BCUT2D eigenvalue weighted by Gasteiger charge is -2.09. The Balaban J connectivity index is 1.55. The van der Waals surface area contributed by atoms with Crippen LogP contribution in [0.25, 0.3) is 0 Å². The SMILES string of the molecule is CC(C)C1=NO[C@@H](C(=O)NCc2n[nH]c3c2CCCCC3)C1. The second-order valence-electron chi connectivity index (χ2n) is 6.44. The van der Waals surface area contributed by atoms with Gasteiger partial charge in [-0.2, -0.15) is 5.10 Å². The van der Waals surface area contributed by atoms with E-state index >= 15 is 0 Å². The molecule has 1 aromatic rings. The van der Waals surface area contributed by atoms with Gasteiger partial charge in [-0.15, -0.1) is 0 Å². The van der Waals surface area contributed by atoms with Gasteiger partial charge < -0.3 is 10.2 Å². The van der Waals surface area contributed by atoms with Crippen molar-refractivity contribution in [2.45, 2.75) is 65.0 Å². The van der Waals surface area contributed by atoms with Crippen LogP contribution in [0.4, 0.5) is 0 Å². The highest BCUT2D eigenvalue weighted by atomic mass is 16.6. The summed E-state index contributed by atoms with van der Waals surface area (Å²) < 4.78 is 0. The number of aryl methyl sites for hydroxylation is 1.